The first-order valence-electron chi connectivity index (χ1n) is 5.63. The van der Waals surface area contributed by atoms with Gasteiger partial charge >= 0.3 is 5.69 Å². The maximum absolute atomic E-state index is 12.2. The smallest absolute Gasteiger partial charge is 0.312 e. The van der Waals surface area contributed by atoms with Gasteiger partial charge in [-0.25, -0.2) is 4.79 Å². The van der Waals surface area contributed by atoms with Crippen LogP contribution >= 0.6 is 0 Å². The van der Waals surface area contributed by atoms with E-state index in [4.69, 9.17) is 0 Å². The number of H-pyrrole nitrogens is 1. The Morgan fingerprint density at radius 1 is 1.29 bits per heavy atom. The van der Waals surface area contributed by atoms with E-state index in [1.807, 2.05) is 19.1 Å². The minimum Gasteiger partial charge on any atom is -0.312 e. The van der Waals surface area contributed by atoms with E-state index in [0.29, 0.717) is 24.0 Å². The fourth-order valence-electron chi connectivity index (χ4n) is 2.13. The standard InChI is InChI=1S/C12H13N3O2/c1-7-2-3-9-10(4-7)14-12(17)15(11(9)16)8-5-13-6-8/h2-4,8,13H,5-6H2,1H3,(H,14,17). The Bertz CT molecular complexity index is 695. The van der Waals surface area contributed by atoms with E-state index in [1.165, 1.54) is 4.57 Å². The molecule has 0 bridgehead atoms. The van der Waals surface area contributed by atoms with E-state index in [2.05, 4.69) is 10.3 Å². The molecule has 17 heavy (non-hydrogen) atoms. The van der Waals surface area contributed by atoms with Crippen LogP contribution in [0.15, 0.2) is 27.8 Å². The summed E-state index contributed by atoms with van der Waals surface area (Å²) in [6.07, 6.45) is 0. The number of nitrogens with one attached hydrogen (secondary N) is 2. The number of nitrogens with zero attached hydrogens (tertiary/aromatic N) is 1. The third-order valence-electron chi connectivity index (χ3n) is 3.21. The van der Waals surface area contributed by atoms with Crippen molar-refractivity contribution < 1.29 is 0 Å². The van der Waals surface area contributed by atoms with E-state index in [9.17, 15) is 9.59 Å². The second-order valence-electron chi connectivity index (χ2n) is 4.47. The SMILES string of the molecule is Cc1ccc2c(=O)n(C3CNC3)c(=O)[nH]c2c1. The van der Waals surface area contributed by atoms with Crippen molar-refractivity contribution in [3.63, 3.8) is 0 Å². The zero-order valence-electron chi connectivity index (χ0n) is 9.49. The third kappa shape index (κ3) is 1.51. The largest absolute Gasteiger partial charge is 0.329 e. The molecule has 88 valence electrons. The summed E-state index contributed by atoms with van der Waals surface area (Å²) in [5, 5.41) is 3.63. The summed E-state index contributed by atoms with van der Waals surface area (Å²) in [6.45, 7) is 3.29. The fraction of sp³-hybridized carbons (Fsp3) is 0.333. The molecule has 1 aliphatic rings. The zero-order valence-corrected chi connectivity index (χ0v) is 9.49. The van der Waals surface area contributed by atoms with E-state index in [-0.39, 0.29) is 17.3 Å². The molecule has 2 heterocycles. The fourth-order valence-corrected chi connectivity index (χ4v) is 2.13. The topological polar surface area (TPSA) is 66.9 Å². The van der Waals surface area contributed by atoms with E-state index in [0.717, 1.165) is 5.56 Å². The van der Waals surface area contributed by atoms with Gasteiger partial charge in [-0.3, -0.25) is 9.36 Å². The van der Waals surface area contributed by atoms with Gasteiger partial charge in [0, 0.05) is 13.1 Å². The van der Waals surface area contributed by atoms with Crippen molar-refractivity contribution in [3.8, 4) is 0 Å². The molecule has 1 fully saturated rings. The summed E-state index contributed by atoms with van der Waals surface area (Å²) >= 11 is 0. The van der Waals surface area contributed by atoms with Crippen LogP contribution in [-0.2, 0) is 0 Å². The van der Waals surface area contributed by atoms with Crippen LogP contribution < -0.4 is 16.6 Å². The second kappa shape index (κ2) is 3.56. The molecule has 5 nitrogen and oxygen atoms in total. The molecule has 0 unspecified atom stereocenters. The van der Waals surface area contributed by atoms with Gasteiger partial charge in [-0.05, 0) is 24.6 Å². The number of benzene rings is 1. The lowest BCUT2D eigenvalue weighted by atomic mass is 10.1. The van der Waals surface area contributed by atoms with E-state index >= 15 is 0 Å². The molecule has 0 aliphatic carbocycles. The molecule has 1 aromatic carbocycles. The van der Waals surface area contributed by atoms with Crippen LogP contribution in [0.2, 0.25) is 0 Å². The second-order valence-corrected chi connectivity index (χ2v) is 4.47. The van der Waals surface area contributed by atoms with Gasteiger partial charge in [0.1, 0.15) is 0 Å². The Labute approximate surface area is 97.1 Å². The molecule has 1 saturated heterocycles. The normalized spacial score (nSPS) is 16.1. The lowest BCUT2D eigenvalue weighted by Gasteiger charge is -2.28. The van der Waals surface area contributed by atoms with E-state index in [1.54, 1.807) is 6.07 Å². The first-order valence-corrected chi connectivity index (χ1v) is 5.63. The van der Waals surface area contributed by atoms with Gasteiger partial charge < -0.3 is 10.3 Å². The minimum absolute atomic E-state index is 0.0167. The number of aromatic amines is 1. The van der Waals surface area contributed by atoms with Gasteiger partial charge in [0.05, 0.1) is 16.9 Å². The molecule has 2 N–H and O–H groups in total. The van der Waals surface area contributed by atoms with Crippen LogP contribution in [-0.4, -0.2) is 22.6 Å². The molecular formula is C12H13N3O2. The van der Waals surface area contributed by atoms with Crippen molar-refractivity contribution in [3.05, 3.63) is 44.6 Å². The predicted octanol–water partition coefficient (Wildman–Crippen LogP) is 0.143. The van der Waals surface area contributed by atoms with Gasteiger partial charge in [0.15, 0.2) is 0 Å². The molecule has 1 aliphatic heterocycles. The monoisotopic (exact) mass is 231 g/mol. The lowest BCUT2D eigenvalue weighted by molar-refractivity contribution is 0.327. The van der Waals surface area contributed by atoms with Crippen LogP contribution in [0.1, 0.15) is 11.6 Å². The Balaban J connectivity index is 2.35. The number of fused-ring (bicyclic) bond motifs is 1. The van der Waals surface area contributed by atoms with Crippen molar-refractivity contribution >= 4 is 10.9 Å². The molecule has 5 heteroatoms. The summed E-state index contributed by atoms with van der Waals surface area (Å²) in [6, 6.07) is 5.45. The van der Waals surface area contributed by atoms with Crippen LogP contribution in [0, 0.1) is 6.92 Å². The summed E-state index contributed by atoms with van der Waals surface area (Å²) < 4.78 is 1.31. The molecule has 0 spiro atoms. The Kier molecular flexibility index (Phi) is 2.16. The first kappa shape index (κ1) is 10.3. The number of aromatic nitrogens is 2. The lowest BCUT2D eigenvalue weighted by Crippen LogP contribution is -2.51. The van der Waals surface area contributed by atoms with Gasteiger partial charge in [-0.1, -0.05) is 6.07 Å². The van der Waals surface area contributed by atoms with Gasteiger partial charge in [-0.2, -0.15) is 0 Å². The van der Waals surface area contributed by atoms with Crippen molar-refractivity contribution in [2.45, 2.75) is 13.0 Å². The Morgan fingerprint density at radius 2 is 2.06 bits per heavy atom. The minimum atomic E-state index is -0.320. The summed E-state index contributed by atoms with van der Waals surface area (Å²) in [5.74, 6) is 0. The molecule has 0 atom stereocenters. The number of rotatable bonds is 1. The molecule has 1 aromatic heterocycles. The highest BCUT2D eigenvalue weighted by molar-refractivity contribution is 5.77. The Morgan fingerprint density at radius 3 is 2.71 bits per heavy atom. The average molecular weight is 231 g/mol. The summed E-state index contributed by atoms with van der Waals surface area (Å²) in [4.78, 5) is 26.9. The maximum atomic E-state index is 12.2. The number of hydrogen-bond donors (Lipinski definition) is 2. The Hall–Kier alpha value is -1.88. The highest BCUT2D eigenvalue weighted by Gasteiger charge is 2.22. The highest BCUT2D eigenvalue weighted by Crippen LogP contribution is 2.10. The molecule has 0 amide bonds. The molecule has 0 radical (unpaired) electrons. The average Bonchev–Trinajstić information content (AvgIpc) is 2.20. The molecular weight excluding hydrogens is 218 g/mol. The quantitative estimate of drug-likeness (QED) is 0.733. The van der Waals surface area contributed by atoms with Crippen molar-refractivity contribution in [2.24, 2.45) is 0 Å². The van der Waals surface area contributed by atoms with Crippen LogP contribution in [0.4, 0.5) is 0 Å². The predicted molar refractivity (Wildman–Crippen MR) is 65.5 cm³/mol. The molecule has 2 aromatic rings. The van der Waals surface area contributed by atoms with Gasteiger partial charge in [-0.15, -0.1) is 0 Å². The highest BCUT2D eigenvalue weighted by atomic mass is 16.2. The maximum Gasteiger partial charge on any atom is 0.329 e. The van der Waals surface area contributed by atoms with Crippen molar-refractivity contribution in [1.29, 1.82) is 0 Å². The van der Waals surface area contributed by atoms with E-state index < -0.39 is 0 Å². The first-order chi connectivity index (χ1) is 8.16. The summed E-state index contributed by atoms with van der Waals surface area (Å²) in [7, 11) is 0. The molecule has 0 saturated carbocycles. The van der Waals surface area contributed by atoms with Crippen LogP contribution in [0.3, 0.4) is 0 Å². The third-order valence-corrected chi connectivity index (χ3v) is 3.21. The number of hydrogen-bond acceptors (Lipinski definition) is 3. The van der Waals surface area contributed by atoms with Gasteiger partial charge in [0.2, 0.25) is 0 Å². The summed E-state index contributed by atoms with van der Waals surface area (Å²) in [5.41, 5.74) is 1.12. The zero-order chi connectivity index (χ0) is 12.0. The van der Waals surface area contributed by atoms with Crippen LogP contribution in [0.5, 0.6) is 0 Å². The van der Waals surface area contributed by atoms with Crippen molar-refractivity contribution in [1.82, 2.24) is 14.9 Å². The van der Waals surface area contributed by atoms with Gasteiger partial charge in [0.25, 0.3) is 5.56 Å². The number of aryl methyl sites for hydroxylation is 1. The van der Waals surface area contributed by atoms with Crippen molar-refractivity contribution in [2.75, 3.05) is 13.1 Å². The molecule has 3 rings (SSSR count). The van der Waals surface area contributed by atoms with Crippen LogP contribution in [0.25, 0.3) is 10.9 Å².